The van der Waals surface area contributed by atoms with Gasteiger partial charge in [-0.2, -0.15) is 0 Å². The van der Waals surface area contributed by atoms with Crippen LogP contribution >= 0.6 is 0 Å². The molecule has 0 atom stereocenters. The monoisotopic (exact) mass is 400 g/mol. The highest BCUT2D eigenvalue weighted by Gasteiger charge is 2.06. The molecular formula is C26H24O4. The highest BCUT2D eigenvalue weighted by molar-refractivity contribution is 5.91. The van der Waals surface area contributed by atoms with Crippen LogP contribution in [-0.2, 0) is 9.53 Å². The van der Waals surface area contributed by atoms with Crippen LogP contribution in [0.3, 0.4) is 0 Å². The van der Waals surface area contributed by atoms with Crippen molar-refractivity contribution >= 4 is 27.5 Å². The fourth-order valence-corrected chi connectivity index (χ4v) is 2.95. The van der Waals surface area contributed by atoms with E-state index in [2.05, 4.69) is 47.7 Å². The fraction of sp³-hybridized carbons (Fsp3) is 0.115. The van der Waals surface area contributed by atoms with Crippen molar-refractivity contribution in [2.75, 3.05) is 13.2 Å². The molecule has 0 aliphatic rings. The molecule has 1 N–H and O–H groups in total. The van der Waals surface area contributed by atoms with Gasteiger partial charge < -0.3 is 14.6 Å². The minimum absolute atomic E-state index is 0.0473. The van der Waals surface area contributed by atoms with E-state index in [0.717, 1.165) is 22.3 Å². The van der Waals surface area contributed by atoms with Crippen LogP contribution in [0.2, 0.25) is 0 Å². The molecule has 4 nitrogen and oxygen atoms in total. The summed E-state index contributed by atoms with van der Waals surface area (Å²) >= 11 is 0. The van der Waals surface area contributed by atoms with Crippen LogP contribution in [0.15, 0.2) is 97.1 Å². The zero-order chi connectivity index (χ0) is 21.3. The lowest BCUT2D eigenvalue weighted by atomic mass is 10.1. The maximum atomic E-state index is 10.5. The summed E-state index contributed by atoms with van der Waals surface area (Å²) in [5.41, 5.74) is 0.350. The second-order valence-corrected chi connectivity index (χ2v) is 6.70. The number of hydrogen-bond acceptors (Lipinski definition) is 4. The molecule has 0 aliphatic heterocycles. The Morgan fingerprint density at radius 1 is 0.800 bits per heavy atom. The van der Waals surface area contributed by atoms with E-state index < -0.39 is 5.97 Å². The molecule has 0 bridgehead atoms. The first-order valence-corrected chi connectivity index (χ1v) is 9.67. The average Bonchev–Trinajstić information content (AvgIpc) is 2.78. The number of fused-ring (bicyclic) bond motifs is 2. The molecule has 4 heteroatoms. The molecule has 0 unspecified atom stereocenters. The molecule has 0 aromatic heterocycles. The first-order valence-electron chi connectivity index (χ1n) is 9.67. The van der Waals surface area contributed by atoms with Crippen LogP contribution in [0.25, 0.3) is 21.5 Å². The molecular weight excluding hydrogens is 376 g/mol. The quantitative estimate of drug-likeness (QED) is 0.336. The maximum Gasteiger partial charge on any atom is 0.333 e. The smallest absolute Gasteiger partial charge is 0.333 e. The minimum Gasteiger partial charge on any atom is -0.460 e. The number of aliphatic hydroxyl groups excluding tert-OH is 1. The van der Waals surface area contributed by atoms with Gasteiger partial charge in [-0.1, -0.05) is 79.4 Å². The molecule has 152 valence electrons. The number of benzene rings is 4. The minimum atomic E-state index is -0.455. The fourth-order valence-electron chi connectivity index (χ4n) is 2.95. The summed E-state index contributed by atoms with van der Waals surface area (Å²) in [5, 5.41) is 12.8. The Morgan fingerprint density at radius 2 is 1.27 bits per heavy atom. The maximum absolute atomic E-state index is 10.5. The van der Waals surface area contributed by atoms with Crippen molar-refractivity contribution < 1.29 is 19.4 Å². The van der Waals surface area contributed by atoms with Crippen LogP contribution in [0, 0.1) is 0 Å². The van der Waals surface area contributed by atoms with Gasteiger partial charge in [0.25, 0.3) is 0 Å². The van der Waals surface area contributed by atoms with Gasteiger partial charge in [0.15, 0.2) is 0 Å². The second-order valence-electron chi connectivity index (χ2n) is 6.70. The summed E-state index contributed by atoms with van der Waals surface area (Å²) < 4.78 is 10.7. The Kier molecular flexibility index (Phi) is 7.19. The van der Waals surface area contributed by atoms with Crippen LogP contribution in [-0.4, -0.2) is 24.3 Å². The third-order valence-electron chi connectivity index (χ3n) is 4.39. The van der Waals surface area contributed by atoms with Gasteiger partial charge in [-0.3, -0.25) is 0 Å². The molecule has 4 rings (SSSR count). The summed E-state index contributed by atoms with van der Waals surface area (Å²) in [7, 11) is 0. The van der Waals surface area contributed by atoms with E-state index in [-0.39, 0.29) is 13.2 Å². The standard InChI is InChI=1S/C20H14O.C6H10O3/c1-3-11-17-15(7-1)9-5-13-19(17)21-20-14-6-10-16-8-2-4-12-18(16)20;1-5(2)6(8)9-4-3-7/h1-14H;7H,1,3-4H2,2H3. The van der Waals surface area contributed by atoms with Gasteiger partial charge in [-0.25, -0.2) is 4.79 Å². The lowest BCUT2D eigenvalue weighted by Gasteiger charge is -2.11. The SMILES string of the molecule is C=C(C)C(=O)OCCO.c1ccc2c(Oc3cccc4ccccc34)cccc2c1. The molecule has 4 aromatic carbocycles. The van der Waals surface area contributed by atoms with Gasteiger partial charge in [0, 0.05) is 16.3 Å². The zero-order valence-electron chi connectivity index (χ0n) is 16.9. The van der Waals surface area contributed by atoms with E-state index in [4.69, 9.17) is 9.84 Å². The summed E-state index contributed by atoms with van der Waals surface area (Å²) in [6.07, 6.45) is 0. The van der Waals surface area contributed by atoms with Crippen molar-refractivity contribution in [1.29, 1.82) is 0 Å². The van der Waals surface area contributed by atoms with Gasteiger partial charge in [0.2, 0.25) is 0 Å². The predicted molar refractivity (Wildman–Crippen MR) is 121 cm³/mol. The largest absolute Gasteiger partial charge is 0.460 e. The number of hydrogen-bond donors (Lipinski definition) is 1. The zero-order valence-corrected chi connectivity index (χ0v) is 16.9. The topological polar surface area (TPSA) is 55.8 Å². The van der Waals surface area contributed by atoms with E-state index in [1.807, 2.05) is 48.5 Å². The third kappa shape index (κ3) is 5.25. The lowest BCUT2D eigenvalue weighted by Crippen LogP contribution is -2.08. The molecule has 0 saturated carbocycles. The number of carbonyl (C=O) groups is 1. The van der Waals surface area contributed by atoms with Crippen molar-refractivity contribution in [2.24, 2.45) is 0 Å². The Morgan fingerprint density at radius 3 is 1.73 bits per heavy atom. The lowest BCUT2D eigenvalue weighted by molar-refractivity contribution is -0.139. The number of esters is 1. The third-order valence-corrected chi connectivity index (χ3v) is 4.39. The van der Waals surface area contributed by atoms with Crippen LogP contribution in [0.1, 0.15) is 6.92 Å². The first-order chi connectivity index (χ1) is 14.6. The molecule has 0 radical (unpaired) electrons. The molecule has 0 heterocycles. The van der Waals surface area contributed by atoms with E-state index in [1.165, 1.54) is 10.8 Å². The van der Waals surface area contributed by atoms with Crippen molar-refractivity contribution in [1.82, 2.24) is 0 Å². The second kappa shape index (κ2) is 10.2. The average molecular weight is 400 g/mol. The summed E-state index contributed by atoms with van der Waals surface area (Å²) in [6.45, 7) is 4.81. The van der Waals surface area contributed by atoms with E-state index >= 15 is 0 Å². The van der Waals surface area contributed by atoms with Gasteiger partial charge in [0.1, 0.15) is 18.1 Å². The van der Waals surface area contributed by atoms with Gasteiger partial charge in [-0.05, 0) is 29.8 Å². The van der Waals surface area contributed by atoms with Crippen molar-refractivity contribution in [2.45, 2.75) is 6.92 Å². The molecule has 0 spiro atoms. The number of ether oxygens (including phenoxy) is 2. The first kappa shape index (κ1) is 21.1. The Bertz CT molecular complexity index is 1080. The number of rotatable bonds is 5. The molecule has 4 aromatic rings. The van der Waals surface area contributed by atoms with Gasteiger partial charge in [-0.15, -0.1) is 0 Å². The number of aliphatic hydroxyl groups is 1. The summed E-state index contributed by atoms with van der Waals surface area (Å²) in [4.78, 5) is 10.5. The van der Waals surface area contributed by atoms with Gasteiger partial charge in [0.05, 0.1) is 6.61 Å². The highest BCUT2D eigenvalue weighted by Crippen LogP contribution is 2.33. The molecule has 30 heavy (non-hydrogen) atoms. The summed E-state index contributed by atoms with van der Waals surface area (Å²) in [5.74, 6) is 1.33. The van der Waals surface area contributed by atoms with Crippen molar-refractivity contribution in [3.05, 3.63) is 97.1 Å². The van der Waals surface area contributed by atoms with E-state index in [9.17, 15) is 4.79 Å². The van der Waals surface area contributed by atoms with Crippen LogP contribution < -0.4 is 4.74 Å². The van der Waals surface area contributed by atoms with Gasteiger partial charge >= 0.3 is 5.97 Å². The molecule has 0 fully saturated rings. The van der Waals surface area contributed by atoms with E-state index in [1.54, 1.807) is 6.92 Å². The normalized spacial score (nSPS) is 10.2. The number of carbonyl (C=O) groups excluding carboxylic acids is 1. The Hall–Kier alpha value is -3.63. The molecule has 0 amide bonds. The molecule has 0 aliphatic carbocycles. The van der Waals surface area contributed by atoms with Crippen molar-refractivity contribution in [3.8, 4) is 11.5 Å². The highest BCUT2D eigenvalue weighted by atomic mass is 16.5. The predicted octanol–water partition coefficient (Wildman–Crippen LogP) is 5.88. The van der Waals surface area contributed by atoms with Crippen molar-refractivity contribution in [3.63, 3.8) is 0 Å². The van der Waals surface area contributed by atoms with E-state index in [0.29, 0.717) is 5.57 Å². The summed E-state index contributed by atoms with van der Waals surface area (Å²) in [6, 6.07) is 28.9. The van der Waals surface area contributed by atoms with Crippen LogP contribution in [0.4, 0.5) is 0 Å². The Balaban J connectivity index is 0.000000244. The Labute approximate surface area is 176 Å². The molecule has 0 saturated heterocycles. The van der Waals surface area contributed by atoms with Crippen LogP contribution in [0.5, 0.6) is 11.5 Å².